The van der Waals surface area contributed by atoms with Gasteiger partial charge in [0.05, 0.1) is 11.1 Å². The highest BCUT2D eigenvalue weighted by Gasteiger charge is 2.18. The summed E-state index contributed by atoms with van der Waals surface area (Å²) in [6.07, 6.45) is -0.416. The number of nitrogens with two attached hydrogens (primary N) is 1. The van der Waals surface area contributed by atoms with E-state index in [1.165, 1.54) is 6.07 Å². The Morgan fingerprint density at radius 3 is 2.67 bits per heavy atom. The van der Waals surface area contributed by atoms with Gasteiger partial charge in [-0.3, -0.25) is 0 Å². The first-order valence-corrected chi connectivity index (χ1v) is 5.20. The van der Waals surface area contributed by atoms with Gasteiger partial charge >= 0.3 is 0 Å². The van der Waals surface area contributed by atoms with Crippen molar-refractivity contribution in [2.45, 2.75) is 26.4 Å². The molecule has 2 nitrogen and oxygen atoms in total. The van der Waals surface area contributed by atoms with Crippen LogP contribution >= 0.6 is 11.6 Å². The van der Waals surface area contributed by atoms with E-state index < -0.39 is 11.9 Å². The van der Waals surface area contributed by atoms with Crippen LogP contribution in [0.3, 0.4) is 0 Å². The van der Waals surface area contributed by atoms with Crippen LogP contribution in [0.5, 0.6) is 0 Å². The molecular weight excluding hydrogens is 217 g/mol. The summed E-state index contributed by atoms with van der Waals surface area (Å²) in [5.74, 6) is -0.495. The van der Waals surface area contributed by atoms with Crippen molar-refractivity contribution >= 4 is 11.6 Å². The van der Waals surface area contributed by atoms with Gasteiger partial charge in [-0.1, -0.05) is 11.6 Å². The Labute approximate surface area is 93.9 Å². The van der Waals surface area contributed by atoms with Crippen molar-refractivity contribution in [3.05, 3.63) is 33.6 Å². The second-order valence-electron chi connectivity index (χ2n) is 3.62. The van der Waals surface area contributed by atoms with Crippen molar-refractivity contribution in [3.8, 4) is 0 Å². The van der Waals surface area contributed by atoms with Gasteiger partial charge in [0.25, 0.3) is 0 Å². The van der Waals surface area contributed by atoms with E-state index in [-0.39, 0.29) is 5.02 Å². The predicted molar refractivity (Wildman–Crippen MR) is 59.5 cm³/mol. The minimum Gasteiger partial charge on any atom is -0.388 e. The predicted octanol–water partition coefficient (Wildman–Crippen LogP) is 2.48. The van der Waals surface area contributed by atoms with Crippen molar-refractivity contribution in [1.29, 1.82) is 0 Å². The molecule has 0 aromatic heterocycles. The quantitative estimate of drug-likeness (QED) is 0.840. The lowest BCUT2D eigenvalue weighted by molar-refractivity contribution is 0.169. The SMILES string of the molecule is Cc1cc(F)c(Cl)c(C(O)CCN)c1C. The van der Waals surface area contributed by atoms with Gasteiger partial charge in [0.2, 0.25) is 0 Å². The second kappa shape index (κ2) is 4.92. The summed E-state index contributed by atoms with van der Waals surface area (Å²) in [7, 11) is 0. The molecule has 0 heterocycles. The third-order valence-electron chi connectivity index (χ3n) is 2.56. The topological polar surface area (TPSA) is 46.2 Å². The van der Waals surface area contributed by atoms with Crippen molar-refractivity contribution in [1.82, 2.24) is 0 Å². The lowest BCUT2D eigenvalue weighted by Gasteiger charge is -2.17. The summed E-state index contributed by atoms with van der Waals surface area (Å²) in [5.41, 5.74) is 7.41. The van der Waals surface area contributed by atoms with Gasteiger partial charge in [0.15, 0.2) is 0 Å². The molecule has 1 atom stereocenters. The van der Waals surface area contributed by atoms with Crippen molar-refractivity contribution in [2.75, 3.05) is 6.54 Å². The normalized spacial score (nSPS) is 12.9. The fourth-order valence-corrected chi connectivity index (χ4v) is 1.89. The molecule has 0 fully saturated rings. The Balaban J connectivity index is 3.26. The highest BCUT2D eigenvalue weighted by Crippen LogP contribution is 2.32. The minimum absolute atomic E-state index is 0.000880. The number of benzene rings is 1. The molecule has 1 rings (SSSR count). The Bertz CT molecular complexity index is 342. The van der Waals surface area contributed by atoms with E-state index in [9.17, 15) is 9.50 Å². The van der Waals surface area contributed by atoms with Gasteiger partial charge in [-0.15, -0.1) is 0 Å². The molecule has 15 heavy (non-hydrogen) atoms. The van der Waals surface area contributed by atoms with Crippen LogP contribution in [0.15, 0.2) is 6.07 Å². The molecule has 0 spiro atoms. The zero-order chi connectivity index (χ0) is 11.6. The molecule has 0 saturated heterocycles. The van der Waals surface area contributed by atoms with Crippen molar-refractivity contribution in [3.63, 3.8) is 0 Å². The number of halogens is 2. The molecule has 0 radical (unpaired) electrons. The molecule has 0 amide bonds. The van der Waals surface area contributed by atoms with Gasteiger partial charge in [0, 0.05) is 5.56 Å². The summed E-state index contributed by atoms with van der Waals surface area (Å²) >= 11 is 5.83. The van der Waals surface area contributed by atoms with E-state index in [4.69, 9.17) is 17.3 Å². The maximum Gasteiger partial charge on any atom is 0.142 e. The number of aryl methyl sites for hydroxylation is 1. The van der Waals surface area contributed by atoms with Crippen molar-refractivity contribution in [2.24, 2.45) is 5.73 Å². The van der Waals surface area contributed by atoms with Crippen LogP contribution in [0, 0.1) is 19.7 Å². The standard InChI is InChI=1S/C11H15ClFNO/c1-6-5-8(13)11(12)10(7(6)2)9(15)3-4-14/h5,9,15H,3-4,14H2,1-2H3. The lowest BCUT2D eigenvalue weighted by atomic mass is 9.97. The van der Waals surface area contributed by atoms with E-state index in [1.54, 1.807) is 6.92 Å². The van der Waals surface area contributed by atoms with E-state index in [1.807, 2.05) is 6.92 Å². The van der Waals surface area contributed by atoms with Crippen LogP contribution in [-0.2, 0) is 0 Å². The Morgan fingerprint density at radius 1 is 1.53 bits per heavy atom. The molecule has 1 aromatic carbocycles. The monoisotopic (exact) mass is 231 g/mol. The average molecular weight is 232 g/mol. The molecule has 0 aliphatic rings. The highest BCUT2D eigenvalue weighted by atomic mass is 35.5. The van der Waals surface area contributed by atoms with E-state index in [2.05, 4.69) is 0 Å². The maximum atomic E-state index is 13.3. The number of hydrogen-bond acceptors (Lipinski definition) is 2. The van der Waals surface area contributed by atoms with Gasteiger partial charge < -0.3 is 10.8 Å². The summed E-state index contributed by atoms with van der Waals surface area (Å²) < 4.78 is 13.3. The first kappa shape index (κ1) is 12.4. The van der Waals surface area contributed by atoms with Crippen molar-refractivity contribution < 1.29 is 9.50 Å². The maximum absolute atomic E-state index is 13.3. The van der Waals surface area contributed by atoms with E-state index in [0.29, 0.717) is 18.5 Å². The van der Waals surface area contributed by atoms with Crippen LogP contribution in [-0.4, -0.2) is 11.7 Å². The van der Waals surface area contributed by atoms with E-state index >= 15 is 0 Å². The number of aliphatic hydroxyl groups is 1. The van der Waals surface area contributed by atoms with Gasteiger partial charge in [-0.2, -0.15) is 0 Å². The number of aliphatic hydroxyl groups excluding tert-OH is 1. The summed E-state index contributed by atoms with van der Waals surface area (Å²) in [6, 6.07) is 1.37. The van der Waals surface area contributed by atoms with E-state index in [0.717, 1.165) is 11.1 Å². The minimum atomic E-state index is -0.795. The molecule has 0 aliphatic heterocycles. The second-order valence-corrected chi connectivity index (χ2v) is 4.00. The molecule has 3 N–H and O–H groups in total. The molecule has 0 bridgehead atoms. The third kappa shape index (κ3) is 2.48. The van der Waals surface area contributed by atoms with Crippen LogP contribution < -0.4 is 5.73 Å². The summed E-state index contributed by atoms with van der Waals surface area (Å²) in [4.78, 5) is 0. The number of hydrogen-bond donors (Lipinski definition) is 2. The molecule has 4 heteroatoms. The Hall–Kier alpha value is -0.640. The first-order valence-electron chi connectivity index (χ1n) is 4.82. The fourth-order valence-electron chi connectivity index (χ4n) is 1.57. The molecular formula is C11H15ClFNO. The largest absolute Gasteiger partial charge is 0.388 e. The first-order chi connectivity index (χ1) is 6.99. The van der Waals surface area contributed by atoms with Crippen LogP contribution in [0.4, 0.5) is 4.39 Å². The average Bonchev–Trinajstić information content (AvgIpc) is 2.16. The Kier molecular flexibility index (Phi) is 4.08. The van der Waals surface area contributed by atoms with Crippen LogP contribution in [0.1, 0.15) is 29.2 Å². The van der Waals surface area contributed by atoms with Crippen LogP contribution in [0.25, 0.3) is 0 Å². The van der Waals surface area contributed by atoms with Crippen LogP contribution in [0.2, 0.25) is 5.02 Å². The number of rotatable bonds is 3. The van der Waals surface area contributed by atoms with Gasteiger partial charge in [-0.05, 0) is 44.0 Å². The highest BCUT2D eigenvalue weighted by molar-refractivity contribution is 6.31. The molecule has 0 saturated carbocycles. The van der Waals surface area contributed by atoms with Gasteiger partial charge in [0.1, 0.15) is 5.82 Å². The summed E-state index contributed by atoms with van der Waals surface area (Å²) in [5, 5.41) is 9.80. The third-order valence-corrected chi connectivity index (χ3v) is 2.94. The summed E-state index contributed by atoms with van der Waals surface area (Å²) in [6.45, 7) is 3.94. The molecule has 84 valence electrons. The van der Waals surface area contributed by atoms with Gasteiger partial charge in [-0.25, -0.2) is 4.39 Å². The Morgan fingerprint density at radius 2 is 2.13 bits per heavy atom. The molecule has 1 unspecified atom stereocenters. The fraction of sp³-hybridized carbons (Fsp3) is 0.455. The zero-order valence-corrected chi connectivity index (χ0v) is 9.61. The molecule has 0 aliphatic carbocycles. The lowest BCUT2D eigenvalue weighted by Crippen LogP contribution is -2.10. The zero-order valence-electron chi connectivity index (χ0n) is 8.85. The molecule has 1 aromatic rings. The smallest absolute Gasteiger partial charge is 0.142 e.